The summed E-state index contributed by atoms with van der Waals surface area (Å²) in [4.78, 5) is 13.7. The number of fused-ring (bicyclic) bond motifs is 1. The second-order valence-electron chi connectivity index (χ2n) is 5.85. The molecule has 1 saturated heterocycles. The lowest BCUT2D eigenvalue weighted by molar-refractivity contribution is 0.162. The molecule has 0 radical (unpaired) electrons. The Balaban J connectivity index is 1.56. The summed E-state index contributed by atoms with van der Waals surface area (Å²) in [6, 6.07) is 8.50. The average molecular weight is 289 g/mol. The molecule has 3 N–H and O–H groups in total. The van der Waals surface area contributed by atoms with Crippen molar-refractivity contribution in [2.75, 3.05) is 38.1 Å². The number of piperidine rings is 1. The monoisotopic (exact) mass is 289 g/mol. The Labute approximate surface area is 125 Å². The lowest BCUT2D eigenvalue weighted by Gasteiger charge is -2.34. The third kappa shape index (κ3) is 2.97. The van der Waals surface area contributed by atoms with Crippen LogP contribution in [0.3, 0.4) is 0 Å². The number of nitrogens with zero attached hydrogens (tertiary/aromatic N) is 1. The Bertz CT molecular complexity index is 498. The SMILES string of the molecule is O=C(NCCO)N1CCC(C2CNc3ccccc32)CC1. The number of hydrogen-bond donors (Lipinski definition) is 3. The number of aliphatic hydroxyl groups excluding tert-OH is 1. The minimum absolute atomic E-state index is 0.00721. The zero-order valence-corrected chi connectivity index (χ0v) is 12.2. The van der Waals surface area contributed by atoms with E-state index in [0.29, 0.717) is 18.4 Å². The van der Waals surface area contributed by atoms with Gasteiger partial charge >= 0.3 is 6.03 Å². The zero-order valence-electron chi connectivity index (χ0n) is 12.2. The van der Waals surface area contributed by atoms with Gasteiger partial charge in [-0.25, -0.2) is 4.79 Å². The van der Waals surface area contributed by atoms with Crippen LogP contribution in [0, 0.1) is 5.92 Å². The molecule has 2 amide bonds. The minimum Gasteiger partial charge on any atom is -0.395 e. The fourth-order valence-electron chi connectivity index (χ4n) is 3.51. The maximum atomic E-state index is 11.9. The second-order valence-corrected chi connectivity index (χ2v) is 5.85. The maximum Gasteiger partial charge on any atom is 0.317 e. The highest BCUT2D eigenvalue weighted by molar-refractivity contribution is 5.74. The van der Waals surface area contributed by atoms with Gasteiger partial charge < -0.3 is 20.6 Å². The highest BCUT2D eigenvalue weighted by Gasteiger charge is 2.32. The predicted octanol–water partition coefficient (Wildman–Crippen LogP) is 1.61. The number of likely N-dealkylation sites (tertiary alicyclic amines) is 1. The number of benzene rings is 1. The van der Waals surface area contributed by atoms with Crippen LogP contribution in [0.1, 0.15) is 24.3 Å². The Morgan fingerprint density at radius 3 is 2.86 bits per heavy atom. The predicted molar refractivity (Wildman–Crippen MR) is 82.5 cm³/mol. The van der Waals surface area contributed by atoms with Gasteiger partial charge in [-0.1, -0.05) is 18.2 Å². The molecule has 2 heterocycles. The highest BCUT2D eigenvalue weighted by atomic mass is 16.3. The van der Waals surface area contributed by atoms with Gasteiger partial charge in [-0.3, -0.25) is 0 Å². The molecule has 0 aromatic heterocycles. The van der Waals surface area contributed by atoms with Crippen LogP contribution >= 0.6 is 0 Å². The number of amides is 2. The largest absolute Gasteiger partial charge is 0.395 e. The summed E-state index contributed by atoms with van der Waals surface area (Å²) in [7, 11) is 0. The van der Waals surface area contributed by atoms with Gasteiger partial charge in [0.1, 0.15) is 0 Å². The number of aliphatic hydroxyl groups is 1. The number of urea groups is 1. The third-order valence-corrected chi connectivity index (χ3v) is 4.66. The Kier molecular flexibility index (Phi) is 4.29. The fraction of sp³-hybridized carbons (Fsp3) is 0.562. The Morgan fingerprint density at radius 1 is 1.33 bits per heavy atom. The molecule has 0 saturated carbocycles. The first-order valence-electron chi connectivity index (χ1n) is 7.76. The van der Waals surface area contributed by atoms with Crippen molar-refractivity contribution in [1.29, 1.82) is 0 Å². The maximum absolute atomic E-state index is 11.9. The van der Waals surface area contributed by atoms with Crippen molar-refractivity contribution in [3.05, 3.63) is 29.8 Å². The summed E-state index contributed by atoms with van der Waals surface area (Å²) in [5.74, 6) is 1.21. The van der Waals surface area contributed by atoms with E-state index in [1.807, 2.05) is 4.90 Å². The number of nitrogens with one attached hydrogen (secondary N) is 2. The van der Waals surface area contributed by atoms with Crippen LogP contribution in [0.4, 0.5) is 10.5 Å². The molecule has 114 valence electrons. The van der Waals surface area contributed by atoms with Gasteiger partial charge in [0.25, 0.3) is 0 Å². The molecule has 5 nitrogen and oxygen atoms in total. The third-order valence-electron chi connectivity index (χ3n) is 4.66. The van der Waals surface area contributed by atoms with Crippen LogP contribution in [0.25, 0.3) is 0 Å². The average Bonchev–Trinajstić information content (AvgIpc) is 2.97. The highest BCUT2D eigenvalue weighted by Crippen LogP contribution is 2.40. The number of para-hydroxylation sites is 1. The molecule has 0 spiro atoms. The van der Waals surface area contributed by atoms with Crippen LogP contribution in [0.5, 0.6) is 0 Å². The molecule has 0 aliphatic carbocycles. The summed E-state index contributed by atoms with van der Waals surface area (Å²) in [5.41, 5.74) is 2.70. The van der Waals surface area contributed by atoms with Crippen molar-refractivity contribution < 1.29 is 9.90 Å². The molecule has 3 rings (SSSR count). The first-order chi connectivity index (χ1) is 10.3. The number of anilines is 1. The summed E-state index contributed by atoms with van der Waals surface area (Å²) in [6.45, 7) is 2.95. The standard InChI is InChI=1S/C16H23N3O2/c20-10-7-17-16(21)19-8-5-12(6-9-19)14-11-18-15-4-2-1-3-13(14)15/h1-4,12,14,18,20H,5-11H2,(H,17,21). The van der Waals surface area contributed by atoms with E-state index in [4.69, 9.17) is 5.11 Å². The van der Waals surface area contributed by atoms with Crippen LogP contribution < -0.4 is 10.6 Å². The van der Waals surface area contributed by atoms with Gasteiger partial charge in [-0.05, 0) is 30.4 Å². The Morgan fingerprint density at radius 2 is 2.10 bits per heavy atom. The summed E-state index contributed by atoms with van der Waals surface area (Å²) in [5, 5.41) is 15.0. The molecule has 1 aromatic rings. The van der Waals surface area contributed by atoms with Crippen LogP contribution in [0.15, 0.2) is 24.3 Å². The smallest absolute Gasteiger partial charge is 0.317 e. The van der Waals surface area contributed by atoms with Gasteiger partial charge in [-0.15, -0.1) is 0 Å². The van der Waals surface area contributed by atoms with Crippen LogP contribution in [0.2, 0.25) is 0 Å². The number of rotatable bonds is 3. The van der Waals surface area contributed by atoms with Crippen LogP contribution in [-0.4, -0.2) is 48.8 Å². The first-order valence-corrected chi connectivity index (χ1v) is 7.76. The molecule has 1 unspecified atom stereocenters. The van der Waals surface area contributed by atoms with Crippen molar-refractivity contribution in [1.82, 2.24) is 10.2 Å². The van der Waals surface area contributed by atoms with Gasteiger partial charge in [0.2, 0.25) is 0 Å². The van der Waals surface area contributed by atoms with Crippen LogP contribution in [-0.2, 0) is 0 Å². The van der Waals surface area contributed by atoms with E-state index in [9.17, 15) is 4.79 Å². The van der Waals surface area contributed by atoms with Gasteiger partial charge in [0, 0.05) is 37.8 Å². The molecule has 1 fully saturated rings. The van der Waals surface area contributed by atoms with Crippen molar-refractivity contribution in [3.63, 3.8) is 0 Å². The quantitative estimate of drug-likeness (QED) is 0.792. The van der Waals surface area contributed by atoms with Gasteiger partial charge in [0.15, 0.2) is 0 Å². The van der Waals surface area contributed by atoms with Crippen molar-refractivity contribution >= 4 is 11.7 Å². The van der Waals surface area contributed by atoms with Gasteiger partial charge in [-0.2, -0.15) is 0 Å². The van der Waals surface area contributed by atoms with E-state index in [1.54, 1.807) is 0 Å². The number of carbonyl (C=O) groups excluding carboxylic acids is 1. The number of hydrogen-bond acceptors (Lipinski definition) is 3. The van der Waals surface area contributed by atoms with E-state index >= 15 is 0 Å². The van der Waals surface area contributed by atoms with E-state index in [-0.39, 0.29) is 12.6 Å². The molecule has 2 aliphatic rings. The molecular weight excluding hydrogens is 266 g/mol. The Hall–Kier alpha value is -1.75. The molecule has 0 bridgehead atoms. The van der Waals surface area contributed by atoms with Crippen molar-refractivity contribution in [3.8, 4) is 0 Å². The molecule has 2 aliphatic heterocycles. The second kappa shape index (κ2) is 6.35. The lowest BCUT2D eigenvalue weighted by atomic mass is 9.81. The van der Waals surface area contributed by atoms with Crippen molar-refractivity contribution in [2.24, 2.45) is 5.92 Å². The van der Waals surface area contributed by atoms with E-state index < -0.39 is 0 Å². The normalized spacial score (nSPS) is 21.8. The zero-order chi connectivity index (χ0) is 14.7. The molecule has 1 aromatic carbocycles. The fourth-order valence-corrected chi connectivity index (χ4v) is 3.51. The lowest BCUT2D eigenvalue weighted by Crippen LogP contribution is -2.45. The number of carbonyl (C=O) groups is 1. The molecule has 21 heavy (non-hydrogen) atoms. The minimum atomic E-state index is -0.0487. The van der Waals surface area contributed by atoms with E-state index in [1.165, 1.54) is 11.3 Å². The molecular formula is C16H23N3O2. The molecule has 5 heteroatoms. The first kappa shape index (κ1) is 14.2. The van der Waals surface area contributed by atoms with Gasteiger partial charge in [0.05, 0.1) is 6.61 Å². The molecule has 1 atom stereocenters. The van der Waals surface area contributed by atoms with E-state index in [0.717, 1.165) is 32.5 Å². The van der Waals surface area contributed by atoms with E-state index in [2.05, 4.69) is 34.9 Å². The summed E-state index contributed by atoms with van der Waals surface area (Å²) in [6.07, 6.45) is 2.10. The topological polar surface area (TPSA) is 64.6 Å². The van der Waals surface area contributed by atoms with Crippen molar-refractivity contribution in [2.45, 2.75) is 18.8 Å². The summed E-state index contributed by atoms with van der Waals surface area (Å²) >= 11 is 0. The summed E-state index contributed by atoms with van der Waals surface area (Å²) < 4.78 is 0.